The van der Waals surface area contributed by atoms with Gasteiger partial charge in [-0.1, -0.05) is 71.6 Å². The second kappa shape index (κ2) is 10.6. The monoisotopic (exact) mass is 283 g/mol. The maximum atomic E-state index is 9.12. The molecule has 0 aromatic carbocycles. The van der Waals surface area contributed by atoms with Gasteiger partial charge in [0.05, 0.1) is 0 Å². The molecule has 20 heavy (non-hydrogen) atoms. The predicted octanol–water partition coefficient (Wildman–Crippen LogP) is 4.66. The first-order chi connectivity index (χ1) is 9.64. The zero-order chi connectivity index (χ0) is 14.7. The molecule has 0 radical (unpaired) electrons. The minimum Gasteiger partial charge on any atom is -0.396 e. The molecule has 0 atom stereocenters. The van der Waals surface area contributed by atoms with Crippen molar-refractivity contribution in [2.75, 3.05) is 13.2 Å². The number of aliphatic hydroxyl groups excluding tert-OH is 1. The van der Waals surface area contributed by atoms with E-state index in [1.807, 2.05) is 0 Å². The molecule has 0 unspecified atom stereocenters. The second-order valence-corrected chi connectivity index (χ2v) is 7.47. The lowest BCUT2D eigenvalue weighted by Gasteiger charge is -2.28. The summed E-state index contributed by atoms with van der Waals surface area (Å²) >= 11 is 0. The Bertz CT molecular complexity index is 215. The molecule has 1 fully saturated rings. The number of hydrogen-bond acceptors (Lipinski definition) is 2. The Morgan fingerprint density at radius 3 is 1.75 bits per heavy atom. The van der Waals surface area contributed by atoms with Gasteiger partial charge >= 0.3 is 0 Å². The lowest BCUT2D eigenvalue weighted by atomic mass is 9.89. The van der Waals surface area contributed by atoms with Crippen molar-refractivity contribution >= 4 is 0 Å². The Hall–Kier alpha value is -0.0800. The summed E-state index contributed by atoms with van der Waals surface area (Å²) in [6.07, 6.45) is 16.4. The van der Waals surface area contributed by atoms with Crippen LogP contribution in [0, 0.1) is 5.41 Å². The highest BCUT2D eigenvalue weighted by molar-refractivity contribution is 4.76. The van der Waals surface area contributed by atoms with Crippen LogP contribution in [0.3, 0.4) is 0 Å². The Kier molecular flexibility index (Phi) is 9.54. The highest BCUT2D eigenvalue weighted by atomic mass is 16.3. The Morgan fingerprint density at radius 1 is 0.850 bits per heavy atom. The van der Waals surface area contributed by atoms with Gasteiger partial charge in [0.25, 0.3) is 0 Å². The Morgan fingerprint density at radius 2 is 1.30 bits per heavy atom. The summed E-state index contributed by atoms with van der Waals surface area (Å²) in [6.45, 7) is 5.86. The van der Waals surface area contributed by atoms with Gasteiger partial charge in [0, 0.05) is 19.2 Å². The lowest BCUT2D eigenvalue weighted by Crippen LogP contribution is -2.37. The summed E-state index contributed by atoms with van der Waals surface area (Å²) in [6, 6.07) is 0.701. The molecule has 120 valence electrons. The molecule has 0 aliphatic heterocycles. The molecular formula is C18H37NO. The van der Waals surface area contributed by atoms with Crippen molar-refractivity contribution in [3.63, 3.8) is 0 Å². The third-order valence-corrected chi connectivity index (χ3v) is 4.76. The van der Waals surface area contributed by atoms with E-state index in [4.69, 9.17) is 5.11 Å². The summed E-state index contributed by atoms with van der Waals surface area (Å²) in [7, 11) is 0. The van der Waals surface area contributed by atoms with Crippen LogP contribution in [0.15, 0.2) is 0 Å². The Balaban J connectivity index is 2.31. The zero-order valence-corrected chi connectivity index (χ0v) is 13.9. The third-order valence-electron chi connectivity index (χ3n) is 4.76. The van der Waals surface area contributed by atoms with Crippen molar-refractivity contribution in [1.29, 1.82) is 0 Å². The van der Waals surface area contributed by atoms with E-state index in [0.717, 1.165) is 13.0 Å². The summed E-state index contributed by atoms with van der Waals surface area (Å²) in [4.78, 5) is 0. The van der Waals surface area contributed by atoms with Crippen LogP contribution in [0.5, 0.6) is 0 Å². The highest BCUT2D eigenvalue weighted by Crippen LogP contribution is 2.21. The number of nitrogens with one attached hydrogen (secondary N) is 1. The van der Waals surface area contributed by atoms with Crippen LogP contribution < -0.4 is 5.32 Å². The van der Waals surface area contributed by atoms with Crippen LogP contribution >= 0.6 is 0 Å². The second-order valence-electron chi connectivity index (χ2n) is 7.47. The largest absolute Gasteiger partial charge is 0.396 e. The van der Waals surface area contributed by atoms with Gasteiger partial charge in [-0.3, -0.25) is 0 Å². The van der Waals surface area contributed by atoms with Crippen molar-refractivity contribution in [3.05, 3.63) is 0 Å². The molecule has 0 bridgehead atoms. The van der Waals surface area contributed by atoms with Gasteiger partial charge in [0.1, 0.15) is 0 Å². The van der Waals surface area contributed by atoms with Gasteiger partial charge < -0.3 is 10.4 Å². The molecule has 2 nitrogen and oxygen atoms in total. The quantitative estimate of drug-likeness (QED) is 0.769. The van der Waals surface area contributed by atoms with E-state index < -0.39 is 0 Å². The average Bonchev–Trinajstić information content (AvgIpc) is 2.38. The fourth-order valence-electron chi connectivity index (χ4n) is 3.18. The maximum absolute atomic E-state index is 9.12. The fourth-order valence-corrected chi connectivity index (χ4v) is 3.18. The molecule has 0 saturated heterocycles. The first kappa shape index (κ1) is 18.0. The SMILES string of the molecule is CC(C)(CCO)CNC1CCCCCCCCCCC1. The molecule has 2 N–H and O–H groups in total. The van der Waals surface area contributed by atoms with Gasteiger partial charge in [0.2, 0.25) is 0 Å². The van der Waals surface area contributed by atoms with Crippen molar-refractivity contribution in [2.24, 2.45) is 5.41 Å². The first-order valence-corrected chi connectivity index (χ1v) is 8.98. The Labute approximate surface area is 126 Å². The molecule has 0 aromatic heterocycles. The van der Waals surface area contributed by atoms with Crippen LogP contribution in [-0.2, 0) is 0 Å². The maximum Gasteiger partial charge on any atom is 0.0436 e. The molecule has 1 aliphatic carbocycles. The minimum atomic E-state index is 0.221. The smallest absolute Gasteiger partial charge is 0.0436 e. The fraction of sp³-hybridized carbons (Fsp3) is 1.00. The lowest BCUT2D eigenvalue weighted by molar-refractivity contribution is 0.200. The summed E-state index contributed by atoms with van der Waals surface area (Å²) in [5.41, 5.74) is 0.221. The molecule has 1 aliphatic rings. The molecule has 2 heteroatoms. The van der Waals surface area contributed by atoms with Gasteiger partial charge in [-0.15, -0.1) is 0 Å². The number of rotatable bonds is 5. The van der Waals surface area contributed by atoms with Gasteiger partial charge in [0.15, 0.2) is 0 Å². The first-order valence-electron chi connectivity index (χ1n) is 8.98. The molecule has 1 saturated carbocycles. The van der Waals surface area contributed by atoms with Crippen molar-refractivity contribution in [2.45, 2.75) is 96.9 Å². The summed E-state index contributed by atoms with van der Waals surface area (Å²) < 4.78 is 0. The van der Waals surface area contributed by atoms with Crippen LogP contribution in [0.4, 0.5) is 0 Å². The summed E-state index contributed by atoms with van der Waals surface area (Å²) in [5, 5.41) is 12.9. The molecule has 0 amide bonds. The minimum absolute atomic E-state index is 0.221. The van der Waals surface area contributed by atoms with Crippen molar-refractivity contribution < 1.29 is 5.11 Å². The molecule has 0 heterocycles. The van der Waals surface area contributed by atoms with Crippen molar-refractivity contribution in [3.8, 4) is 0 Å². The van der Waals surface area contributed by atoms with E-state index in [-0.39, 0.29) is 5.41 Å². The highest BCUT2D eigenvalue weighted by Gasteiger charge is 2.19. The van der Waals surface area contributed by atoms with E-state index in [1.54, 1.807) is 0 Å². The van der Waals surface area contributed by atoms with Gasteiger partial charge in [-0.25, -0.2) is 0 Å². The topological polar surface area (TPSA) is 32.3 Å². The van der Waals surface area contributed by atoms with Crippen LogP contribution in [0.2, 0.25) is 0 Å². The molecule has 0 spiro atoms. The number of aliphatic hydroxyl groups is 1. The standard InChI is InChI=1S/C18H37NO/c1-18(2,14-15-20)16-19-17-12-10-8-6-4-3-5-7-9-11-13-17/h17,19-20H,3-16H2,1-2H3. The number of hydrogen-bond donors (Lipinski definition) is 2. The van der Waals surface area contributed by atoms with Gasteiger partial charge in [-0.05, 0) is 24.7 Å². The normalized spacial score (nSPS) is 21.1. The van der Waals surface area contributed by atoms with E-state index in [9.17, 15) is 0 Å². The molecule has 0 aromatic rings. The van der Waals surface area contributed by atoms with Gasteiger partial charge in [-0.2, -0.15) is 0 Å². The molecule has 1 rings (SSSR count). The zero-order valence-electron chi connectivity index (χ0n) is 13.9. The van der Waals surface area contributed by atoms with Crippen molar-refractivity contribution in [1.82, 2.24) is 5.32 Å². The summed E-state index contributed by atoms with van der Waals surface area (Å²) in [5.74, 6) is 0. The predicted molar refractivity (Wildman–Crippen MR) is 88.1 cm³/mol. The average molecular weight is 283 g/mol. The van der Waals surface area contributed by atoms with Crippen LogP contribution in [-0.4, -0.2) is 24.3 Å². The van der Waals surface area contributed by atoms with E-state index in [0.29, 0.717) is 12.6 Å². The van der Waals surface area contributed by atoms with E-state index in [1.165, 1.54) is 70.6 Å². The van der Waals surface area contributed by atoms with E-state index in [2.05, 4.69) is 19.2 Å². The van der Waals surface area contributed by atoms with Crippen LogP contribution in [0.25, 0.3) is 0 Å². The van der Waals surface area contributed by atoms with E-state index >= 15 is 0 Å². The van der Waals surface area contributed by atoms with Crippen LogP contribution in [0.1, 0.15) is 90.9 Å². The molecular weight excluding hydrogens is 246 g/mol. The third kappa shape index (κ3) is 8.97.